The molecular weight excluding hydrogens is 160 g/mol. The summed E-state index contributed by atoms with van der Waals surface area (Å²) in [6.45, 7) is 3.83. The Hall–Kier alpha value is -1.08. The van der Waals surface area contributed by atoms with E-state index in [1.807, 2.05) is 12.1 Å². The minimum absolute atomic E-state index is 0.0444. The molecule has 1 saturated carbocycles. The lowest BCUT2D eigenvalue weighted by Crippen LogP contribution is -1.88. The van der Waals surface area contributed by atoms with Gasteiger partial charge >= 0.3 is 0 Å². The van der Waals surface area contributed by atoms with Crippen LogP contribution in [0, 0.1) is 0 Å². The van der Waals surface area contributed by atoms with Crippen molar-refractivity contribution in [1.29, 1.82) is 0 Å². The molecule has 0 amide bonds. The minimum atomic E-state index is 0.0444. The zero-order valence-corrected chi connectivity index (χ0v) is 7.66. The highest BCUT2D eigenvalue weighted by molar-refractivity contribution is 5.64. The molecule has 0 aromatic heterocycles. The van der Waals surface area contributed by atoms with Crippen molar-refractivity contribution in [2.75, 3.05) is 6.61 Å². The smallest absolute Gasteiger partial charge is 0.0681 e. The predicted molar refractivity (Wildman–Crippen MR) is 54.5 cm³/mol. The highest BCUT2D eigenvalue weighted by Crippen LogP contribution is 2.40. The number of benzene rings is 1. The molecule has 1 aromatic carbocycles. The number of aliphatic hydroxyl groups excluding tert-OH is 1. The fourth-order valence-electron chi connectivity index (χ4n) is 1.50. The van der Waals surface area contributed by atoms with Crippen molar-refractivity contribution in [3.63, 3.8) is 0 Å². The Morgan fingerprint density at radius 3 is 2.38 bits per heavy atom. The highest BCUT2D eigenvalue weighted by Gasteiger charge is 2.22. The van der Waals surface area contributed by atoms with Crippen molar-refractivity contribution < 1.29 is 5.11 Å². The van der Waals surface area contributed by atoms with Crippen molar-refractivity contribution in [2.24, 2.45) is 0 Å². The summed E-state index contributed by atoms with van der Waals surface area (Å²) < 4.78 is 0. The maximum Gasteiger partial charge on any atom is 0.0681 e. The fourth-order valence-corrected chi connectivity index (χ4v) is 1.50. The zero-order valence-electron chi connectivity index (χ0n) is 7.66. The second-order valence-corrected chi connectivity index (χ2v) is 3.66. The van der Waals surface area contributed by atoms with E-state index in [-0.39, 0.29) is 6.61 Å². The van der Waals surface area contributed by atoms with Crippen molar-refractivity contribution in [2.45, 2.75) is 18.8 Å². The maximum atomic E-state index is 8.88. The van der Waals surface area contributed by atoms with Gasteiger partial charge in [-0.15, -0.1) is 0 Å². The molecule has 1 N–H and O–H groups in total. The van der Waals surface area contributed by atoms with E-state index in [9.17, 15) is 0 Å². The third-order valence-corrected chi connectivity index (χ3v) is 2.56. The highest BCUT2D eigenvalue weighted by atomic mass is 16.3. The normalized spacial score (nSPS) is 15.8. The molecule has 0 bridgehead atoms. The lowest BCUT2D eigenvalue weighted by atomic mass is 10.0. The van der Waals surface area contributed by atoms with Crippen LogP contribution in [0.5, 0.6) is 0 Å². The van der Waals surface area contributed by atoms with Crippen LogP contribution in [-0.2, 0) is 0 Å². The fraction of sp³-hybridized carbons (Fsp3) is 0.333. The van der Waals surface area contributed by atoms with Gasteiger partial charge in [-0.05, 0) is 35.5 Å². The van der Waals surface area contributed by atoms with Crippen LogP contribution in [0.1, 0.15) is 29.9 Å². The molecule has 1 aliphatic carbocycles. The first-order chi connectivity index (χ1) is 6.31. The van der Waals surface area contributed by atoms with Gasteiger partial charge in [-0.25, -0.2) is 0 Å². The number of hydrogen-bond acceptors (Lipinski definition) is 1. The van der Waals surface area contributed by atoms with E-state index >= 15 is 0 Å². The number of aliphatic hydroxyl groups is 1. The first kappa shape index (κ1) is 8.52. The van der Waals surface area contributed by atoms with Crippen LogP contribution in [-0.4, -0.2) is 11.7 Å². The molecule has 0 spiro atoms. The molecule has 0 saturated heterocycles. The molecule has 68 valence electrons. The average Bonchev–Trinajstić information content (AvgIpc) is 3.00. The molecule has 1 aliphatic rings. The number of hydrogen-bond donors (Lipinski definition) is 1. The van der Waals surface area contributed by atoms with Gasteiger partial charge in [0, 0.05) is 0 Å². The SMILES string of the molecule is C=C(CO)c1ccc(C2CC2)cc1. The first-order valence-electron chi connectivity index (χ1n) is 4.70. The van der Waals surface area contributed by atoms with Gasteiger partial charge in [0.05, 0.1) is 6.61 Å². The molecule has 0 radical (unpaired) electrons. The molecule has 1 nitrogen and oxygen atoms in total. The Morgan fingerprint density at radius 1 is 1.31 bits per heavy atom. The quantitative estimate of drug-likeness (QED) is 0.746. The van der Waals surface area contributed by atoms with Gasteiger partial charge in [-0.2, -0.15) is 0 Å². The Labute approximate surface area is 78.7 Å². The molecule has 0 atom stereocenters. The molecule has 0 aliphatic heterocycles. The number of rotatable bonds is 3. The molecule has 13 heavy (non-hydrogen) atoms. The molecule has 1 heteroatoms. The predicted octanol–water partition coefficient (Wildman–Crippen LogP) is 2.57. The first-order valence-corrected chi connectivity index (χ1v) is 4.70. The van der Waals surface area contributed by atoms with Crippen LogP contribution in [0.4, 0.5) is 0 Å². The van der Waals surface area contributed by atoms with E-state index < -0.39 is 0 Å². The van der Waals surface area contributed by atoms with Crippen LogP contribution in [0.15, 0.2) is 30.8 Å². The van der Waals surface area contributed by atoms with Crippen molar-refractivity contribution in [3.8, 4) is 0 Å². The summed E-state index contributed by atoms with van der Waals surface area (Å²) in [7, 11) is 0. The average molecular weight is 174 g/mol. The zero-order chi connectivity index (χ0) is 9.26. The van der Waals surface area contributed by atoms with Crippen LogP contribution in [0.25, 0.3) is 5.57 Å². The van der Waals surface area contributed by atoms with E-state index in [1.165, 1.54) is 18.4 Å². The summed E-state index contributed by atoms with van der Waals surface area (Å²) >= 11 is 0. The van der Waals surface area contributed by atoms with Gasteiger partial charge in [0.2, 0.25) is 0 Å². The largest absolute Gasteiger partial charge is 0.392 e. The Morgan fingerprint density at radius 2 is 1.92 bits per heavy atom. The van der Waals surface area contributed by atoms with Gasteiger partial charge < -0.3 is 5.11 Å². The Bertz CT molecular complexity index is 306. The monoisotopic (exact) mass is 174 g/mol. The second-order valence-electron chi connectivity index (χ2n) is 3.66. The van der Waals surface area contributed by atoms with E-state index in [0.717, 1.165) is 17.1 Å². The summed E-state index contributed by atoms with van der Waals surface area (Å²) in [4.78, 5) is 0. The Kier molecular flexibility index (Phi) is 2.19. The molecule has 0 unspecified atom stereocenters. The van der Waals surface area contributed by atoms with Gasteiger partial charge in [-0.3, -0.25) is 0 Å². The van der Waals surface area contributed by atoms with E-state index in [0.29, 0.717) is 0 Å². The third-order valence-electron chi connectivity index (χ3n) is 2.56. The van der Waals surface area contributed by atoms with E-state index in [2.05, 4.69) is 18.7 Å². The van der Waals surface area contributed by atoms with Crippen molar-refractivity contribution in [1.82, 2.24) is 0 Å². The maximum absolute atomic E-state index is 8.88. The lowest BCUT2D eigenvalue weighted by molar-refractivity contribution is 0.350. The second kappa shape index (κ2) is 3.35. The van der Waals surface area contributed by atoms with Gasteiger partial charge in [-0.1, -0.05) is 30.8 Å². The standard InChI is InChI=1S/C12H14O/c1-9(8-13)10-2-4-11(5-3-10)12-6-7-12/h2-5,12-13H,1,6-8H2. The molecule has 0 heterocycles. The minimum Gasteiger partial charge on any atom is -0.392 e. The topological polar surface area (TPSA) is 20.2 Å². The van der Waals surface area contributed by atoms with Gasteiger partial charge in [0.25, 0.3) is 0 Å². The summed E-state index contributed by atoms with van der Waals surface area (Å²) in [5, 5.41) is 8.88. The molecular formula is C12H14O. The van der Waals surface area contributed by atoms with Gasteiger partial charge in [0.15, 0.2) is 0 Å². The van der Waals surface area contributed by atoms with Crippen molar-refractivity contribution in [3.05, 3.63) is 42.0 Å². The van der Waals surface area contributed by atoms with Crippen LogP contribution in [0.3, 0.4) is 0 Å². The molecule has 2 rings (SSSR count). The van der Waals surface area contributed by atoms with Gasteiger partial charge in [0.1, 0.15) is 0 Å². The van der Waals surface area contributed by atoms with E-state index in [1.54, 1.807) is 0 Å². The third kappa shape index (κ3) is 1.81. The molecule has 1 fully saturated rings. The Balaban J connectivity index is 2.17. The summed E-state index contributed by atoms with van der Waals surface area (Å²) in [6.07, 6.45) is 2.67. The van der Waals surface area contributed by atoms with E-state index in [4.69, 9.17) is 5.11 Å². The summed E-state index contributed by atoms with van der Waals surface area (Å²) in [5.74, 6) is 0.802. The molecule has 1 aromatic rings. The summed E-state index contributed by atoms with van der Waals surface area (Å²) in [5.41, 5.74) is 3.27. The van der Waals surface area contributed by atoms with Crippen LogP contribution >= 0.6 is 0 Å². The summed E-state index contributed by atoms with van der Waals surface area (Å²) in [6, 6.07) is 8.39. The van der Waals surface area contributed by atoms with Crippen molar-refractivity contribution >= 4 is 5.57 Å². The van der Waals surface area contributed by atoms with Crippen LogP contribution < -0.4 is 0 Å². The van der Waals surface area contributed by atoms with Crippen LogP contribution in [0.2, 0.25) is 0 Å². The lowest BCUT2D eigenvalue weighted by Gasteiger charge is -2.03.